The van der Waals surface area contributed by atoms with Crippen LogP contribution in [0.15, 0.2) is 77.7 Å². The lowest BCUT2D eigenvalue weighted by Gasteiger charge is -2.29. The quantitative estimate of drug-likeness (QED) is 0.713. The molecule has 0 N–H and O–H groups in total. The number of nitrogens with zero attached hydrogens (tertiary/aromatic N) is 2. The van der Waals surface area contributed by atoms with E-state index in [9.17, 15) is 4.79 Å². The smallest absolute Gasteiger partial charge is 0.290 e. The highest BCUT2D eigenvalue weighted by atomic mass is 16.3. The van der Waals surface area contributed by atoms with Gasteiger partial charge in [0.15, 0.2) is 5.76 Å². The van der Waals surface area contributed by atoms with E-state index in [1.54, 1.807) is 29.4 Å². The minimum Gasteiger partial charge on any atom is -0.459 e. The van der Waals surface area contributed by atoms with Crippen LogP contribution in [0.2, 0.25) is 0 Å². The second-order valence-corrected chi connectivity index (χ2v) is 5.36. The summed E-state index contributed by atoms with van der Waals surface area (Å²) in [5, 5.41) is 0. The van der Waals surface area contributed by atoms with Gasteiger partial charge in [-0.05, 0) is 36.2 Å². The number of benzene rings is 1. The van der Waals surface area contributed by atoms with Gasteiger partial charge >= 0.3 is 0 Å². The normalized spacial score (nSPS) is 11.9. The number of rotatable bonds is 5. The van der Waals surface area contributed by atoms with E-state index in [0.717, 1.165) is 11.1 Å². The van der Waals surface area contributed by atoms with Gasteiger partial charge < -0.3 is 9.32 Å². The van der Waals surface area contributed by atoms with Crippen LogP contribution in [0.4, 0.5) is 0 Å². The SMILES string of the molecule is C[C@@H](c1ccccc1)N(Cc1cccnc1)C(=O)c1ccco1. The largest absolute Gasteiger partial charge is 0.459 e. The number of furan rings is 1. The van der Waals surface area contributed by atoms with E-state index >= 15 is 0 Å². The number of amides is 1. The predicted octanol–water partition coefficient (Wildman–Crippen LogP) is 4.08. The van der Waals surface area contributed by atoms with E-state index in [4.69, 9.17) is 4.42 Å². The van der Waals surface area contributed by atoms with Gasteiger partial charge in [0.2, 0.25) is 0 Å². The number of carbonyl (C=O) groups is 1. The molecule has 2 heterocycles. The van der Waals surface area contributed by atoms with Gasteiger partial charge in [0, 0.05) is 18.9 Å². The van der Waals surface area contributed by atoms with Crippen LogP contribution in [0.25, 0.3) is 0 Å². The van der Waals surface area contributed by atoms with Gasteiger partial charge in [-0.15, -0.1) is 0 Å². The molecular formula is C19H18N2O2. The maximum absolute atomic E-state index is 12.8. The molecule has 0 aliphatic carbocycles. The Morgan fingerprint density at radius 1 is 1.13 bits per heavy atom. The first-order valence-corrected chi connectivity index (χ1v) is 7.54. The summed E-state index contributed by atoms with van der Waals surface area (Å²) >= 11 is 0. The third-order valence-electron chi connectivity index (χ3n) is 3.82. The second kappa shape index (κ2) is 6.92. The lowest BCUT2D eigenvalue weighted by Crippen LogP contribution is -2.33. The molecule has 0 saturated carbocycles. The molecule has 3 rings (SSSR count). The van der Waals surface area contributed by atoms with Crippen LogP contribution in [0, 0.1) is 0 Å². The minimum atomic E-state index is -0.129. The molecule has 0 fully saturated rings. The number of hydrogen-bond acceptors (Lipinski definition) is 3. The van der Waals surface area contributed by atoms with Crippen LogP contribution in [0.5, 0.6) is 0 Å². The van der Waals surface area contributed by atoms with Crippen molar-refractivity contribution in [3.05, 3.63) is 90.1 Å². The summed E-state index contributed by atoms with van der Waals surface area (Å²) in [5.74, 6) is 0.215. The van der Waals surface area contributed by atoms with Gasteiger partial charge in [0.05, 0.1) is 12.3 Å². The maximum Gasteiger partial charge on any atom is 0.290 e. The molecule has 116 valence electrons. The average molecular weight is 306 g/mol. The predicted molar refractivity (Wildman–Crippen MR) is 87.7 cm³/mol. The summed E-state index contributed by atoms with van der Waals surface area (Å²) in [4.78, 5) is 18.8. The Morgan fingerprint density at radius 3 is 2.61 bits per heavy atom. The van der Waals surface area contributed by atoms with Crippen molar-refractivity contribution in [1.82, 2.24) is 9.88 Å². The summed E-state index contributed by atoms with van der Waals surface area (Å²) < 4.78 is 5.29. The number of hydrogen-bond donors (Lipinski definition) is 0. The van der Waals surface area contributed by atoms with E-state index in [-0.39, 0.29) is 11.9 Å². The third kappa shape index (κ3) is 3.48. The van der Waals surface area contributed by atoms with Crippen molar-refractivity contribution in [3.63, 3.8) is 0 Å². The molecule has 0 spiro atoms. The summed E-state index contributed by atoms with van der Waals surface area (Å²) in [6.45, 7) is 2.50. The molecule has 0 saturated heterocycles. The third-order valence-corrected chi connectivity index (χ3v) is 3.82. The molecule has 0 bridgehead atoms. The molecule has 4 nitrogen and oxygen atoms in total. The van der Waals surface area contributed by atoms with Crippen molar-refractivity contribution in [2.24, 2.45) is 0 Å². The standard InChI is InChI=1S/C19H18N2O2/c1-15(17-8-3-2-4-9-17)21(14-16-7-5-11-20-13-16)19(22)18-10-6-12-23-18/h2-13,15H,14H2,1H3/t15-/m0/s1. The van der Waals surface area contributed by atoms with E-state index in [2.05, 4.69) is 4.98 Å². The molecule has 1 amide bonds. The minimum absolute atomic E-state index is 0.0750. The van der Waals surface area contributed by atoms with Crippen molar-refractivity contribution < 1.29 is 9.21 Å². The zero-order valence-electron chi connectivity index (χ0n) is 12.9. The van der Waals surface area contributed by atoms with Gasteiger partial charge in [-0.25, -0.2) is 0 Å². The number of aromatic nitrogens is 1. The van der Waals surface area contributed by atoms with E-state index < -0.39 is 0 Å². The van der Waals surface area contributed by atoms with Crippen molar-refractivity contribution >= 4 is 5.91 Å². The molecule has 0 aliphatic heterocycles. The Kier molecular flexibility index (Phi) is 4.52. The maximum atomic E-state index is 12.8. The zero-order chi connectivity index (χ0) is 16.1. The van der Waals surface area contributed by atoms with Crippen molar-refractivity contribution in [2.45, 2.75) is 19.5 Å². The average Bonchev–Trinajstić information content (AvgIpc) is 3.15. The van der Waals surface area contributed by atoms with Crippen molar-refractivity contribution in [3.8, 4) is 0 Å². The molecule has 1 aromatic carbocycles. The van der Waals surface area contributed by atoms with Crippen LogP contribution >= 0.6 is 0 Å². The molecular weight excluding hydrogens is 288 g/mol. The highest BCUT2D eigenvalue weighted by Gasteiger charge is 2.24. The Balaban J connectivity index is 1.91. The lowest BCUT2D eigenvalue weighted by molar-refractivity contribution is 0.0641. The molecule has 23 heavy (non-hydrogen) atoms. The first-order chi connectivity index (χ1) is 11.3. The Labute approximate surface area is 135 Å². The number of carbonyl (C=O) groups excluding carboxylic acids is 1. The fourth-order valence-electron chi connectivity index (χ4n) is 2.53. The first kappa shape index (κ1) is 15.0. The molecule has 1 atom stereocenters. The van der Waals surface area contributed by atoms with Gasteiger partial charge in [-0.3, -0.25) is 9.78 Å². The van der Waals surface area contributed by atoms with Gasteiger partial charge in [0.1, 0.15) is 0 Å². The number of pyridine rings is 1. The lowest BCUT2D eigenvalue weighted by atomic mass is 10.1. The highest BCUT2D eigenvalue weighted by Crippen LogP contribution is 2.24. The van der Waals surface area contributed by atoms with Crippen molar-refractivity contribution in [2.75, 3.05) is 0 Å². The molecule has 3 aromatic rings. The summed E-state index contributed by atoms with van der Waals surface area (Å²) in [5.41, 5.74) is 2.06. The first-order valence-electron chi connectivity index (χ1n) is 7.54. The monoisotopic (exact) mass is 306 g/mol. The molecule has 0 radical (unpaired) electrons. The highest BCUT2D eigenvalue weighted by molar-refractivity contribution is 5.91. The van der Waals surface area contributed by atoms with Crippen LogP contribution in [-0.4, -0.2) is 15.8 Å². The fourth-order valence-corrected chi connectivity index (χ4v) is 2.53. The Morgan fingerprint density at radius 2 is 1.96 bits per heavy atom. The van der Waals surface area contributed by atoms with E-state index in [1.165, 1.54) is 6.26 Å². The summed E-state index contributed by atoms with van der Waals surface area (Å²) in [7, 11) is 0. The Hall–Kier alpha value is -2.88. The summed E-state index contributed by atoms with van der Waals surface area (Å²) in [6.07, 6.45) is 5.02. The van der Waals surface area contributed by atoms with Crippen LogP contribution in [0.1, 0.15) is 34.6 Å². The molecule has 0 unspecified atom stereocenters. The zero-order valence-corrected chi connectivity index (χ0v) is 12.9. The molecule has 4 heteroatoms. The van der Waals surface area contributed by atoms with E-state index in [0.29, 0.717) is 12.3 Å². The fraction of sp³-hybridized carbons (Fsp3) is 0.158. The van der Waals surface area contributed by atoms with Gasteiger partial charge in [-0.1, -0.05) is 36.4 Å². The van der Waals surface area contributed by atoms with Crippen LogP contribution < -0.4 is 0 Å². The van der Waals surface area contributed by atoms with Crippen LogP contribution in [0.3, 0.4) is 0 Å². The van der Waals surface area contributed by atoms with Gasteiger partial charge in [0.25, 0.3) is 5.91 Å². The second-order valence-electron chi connectivity index (χ2n) is 5.36. The summed E-state index contributed by atoms with van der Waals surface area (Å²) in [6, 6.07) is 17.2. The topological polar surface area (TPSA) is 46.3 Å². The van der Waals surface area contributed by atoms with E-state index in [1.807, 2.05) is 49.4 Å². The van der Waals surface area contributed by atoms with Crippen molar-refractivity contribution in [1.29, 1.82) is 0 Å². The Bertz CT molecular complexity index is 740. The molecule has 0 aliphatic rings. The van der Waals surface area contributed by atoms with Crippen LogP contribution in [-0.2, 0) is 6.54 Å². The molecule has 2 aromatic heterocycles. The van der Waals surface area contributed by atoms with Gasteiger partial charge in [-0.2, -0.15) is 0 Å².